The summed E-state index contributed by atoms with van der Waals surface area (Å²) in [5, 5.41) is 0. The molecule has 18 heavy (non-hydrogen) atoms. The summed E-state index contributed by atoms with van der Waals surface area (Å²) < 4.78 is 38.1. The SMILES string of the molecule is Nc1ccc(N2CCCCC2=O)cc1C(F)(F)F. The van der Waals surface area contributed by atoms with Crippen LogP contribution in [0.3, 0.4) is 0 Å². The molecule has 1 aliphatic heterocycles. The largest absolute Gasteiger partial charge is 0.418 e. The summed E-state index contributed by atoms with van der Waals surface area (Å²) in [6.45, 7) is 0.458. The molecule has 1 fully saturated rings. The smallest absolute Gasteiger partial charge is 0.398 e. The van der Waals surface area contributed by atoms with Crippen LogP contribution in [0.4, 0.5) is 24.5 Å². The number of rotatable bonds is 1. The maximum Gasteiger partial charge on any atom is 0.418 e. The number of nitrogen functional groups attached to an aromatic ring is 1. The van der Waals surface area contributed by atoms with Gasteiger partial charge in [0.15, 0.2) is 0 Å². The molecule has 0 saturated carbocycles. The van der Waals surface area contributed by atoms with Gasteiger partial charge in [0.2, 0.25) is 5.91 Å². The summed E-state index contributed by atoms with van der Waals surface area (Å²) in [6.07, 6.45) is -2.53. The van der Waals surface area contributed by atoms with Crippen molar-refractivity contribution in [1.82, 2.24) is 0 Å². The van der Waals surface area contributed by atoms with Crippen molar-refractivity contribution in [1.29, 1.82) is 0 Å². The van der Waals surface area contributed by atoms with Crippen LogP contribution >= 0.6 is 0 Å². The summed E-state index contributed by atoms with van der Waals surface area (Å²) in [5.41, 5.74) is 4.37. The van der Waals surface area contributed by atoms with Gasteiger partial charge in [-0.25, -0.2) is 0 Å². The molecule has 0 aromatic heterocycles. The number of benzene rings is 1. The van der Waals surface area contributed by atoms with Gasteiger partial charge in [-0.2, -0.15) is 13.2 Å². The zero-order valence-corrected chi connectivity index (χ0v) is 9.63. The van der Waals surface area contributed by atoms with E-state index < -0.39 is 11.7 Å². The van der Waals surface area contributed by atoms with Crippen molar-refractivity contribution in [2.45, 2.75) is 25.4 Å². The van der Waals surface area contributed by atoms with Gasteiger partial charge < -0.3 is 10.6 Å². The molecule has 2 N–H and O–H groups in total. The highest BCUT2D eigenvalue weighted by Crippen LogP contribution is 2.36. The van der Waals surface area contributed by atoms with Gasteiger partial charge in [-0.15, -0.1) is 0 Å². The van der Waals surface area contributed by atoms with E-state index in [1.807, 2.05) is 0 Å². The van der Waals surface area contributed by atoms with Crippen molar-refractivity contribution >= 4 is 17.3 Å². The maximum atomic E-state index is 12.7. The van der Waals surface area contributed by atoms with Crippen LogP contribution in [-0.4, -0.2) is 12.5 Å². The highest BCUT2D eigenvalue weighted by Gasteiger charge is 2.34. The quantitative estimate of drug-likeness (QED) is 0.787. The minimum atomic E-state index is -4.50. The third-order valence-electron chi connectivity index (χ3n) is 2.98. The zero-order chi connectivity index (χ0) is 13.3. The van der Waals surface area contributed by atoms with Crippen LogP contribution in [0.5, 0.6) is 0 Å². The third kappa shape index (κ3) is 2.42. The molecular weight excluding hydrogens is 245 g/mol. The van der Waals surface area contributed by atoms with Crippen molar-refractivity contribution in [3.8, 4) is 0 Å². The number of hydrogen-bond donors (Lipinski definition) is 1. The number of anilines is 2. The second-order valence-electron chi connectivity index (χ2n) is 4.27. The van der Waals surface area contributed by atoms with Gasteiger partial charge in [0.25, 0.3) is 0 Å². The summed E-state index contributed by atoms with van der Waals surface area (Å²) in [6, 6.07) is 3.59. The van der Waals surface area contributed by atoms with E-state index in [-0.39, 0.29) is 17.3 Å². The number of carbonyl (C=O) groups is 1. The van der Waals surface area contributed by atoms with Crippen molar-refractivity contribution < 1.29 is 18.0 Å². The minimum Gasteiger partial charge on any atom is -0.398 e. The second-order valence-corrected chi connectivity index (χ2v) is 4.27. The number of halogens is 3. The number of amides is 1. The van der Waals surface area contributed by atoms with Gasteiger partial charge in [-0.3, -0.25) is 4.79 Å². The van der Waals surface area contributed by atoms with E-state index in [0.29, 0.717) is 13.0 Å². The Balaban J connectivity index is 2.37. The molecule has 0 spiro atoms. The van der Waals surface area contributed by atoms with Crippen LogP contribution in [0, 0.1) is 0 Å². The summed E-state index contributed by atoms with van der Waals surface area (Å²) in [7, 11) is 0. The Labute approximate surface area is 102 Å². The molecular formula is C12H13F3N2O. The van der Waals surface area contributed by atoms with Gasteiger partial charge in [-0.1, -0.05) is 0 Å². The molecule has 1 aromatic rings. The Kier molecular flexibility index (Phi) is 3.19. The monoisotopic (exact) mass is 258 g/mol. The van der Waals surface area contributed by atoms with Gasteiger partial charge in [0.1, 0.15) is 0 Å². The van der Waals surface area contributed by atoms with Crippen molar-refractivity contribution in [2.24, 2.45) is 0 Å². The number of alkyl halides is 3. The highest BCUT2D eigenvalue weighted by atomic mass is 19.4. The first kappa shape index (κ1) is 12.7. The van der Waals surface area contributed by atoms with E-state index >= 15 is 0 Å². The Morgan fingerprint density at radius 2 is 1.94 bits per heavy atom. The van der Waals surface area contributed by atoms with E-state index in [9.17, 15) is 18.0 Å². The average Bonchev–Trinajstić information content (AvgIpc) is 2.29. The molecule has 98 valence electrons. The minimum absolute atomic E-state index is 0.140. The lowest BCUT2D eigenvalue weighted by Gasteiger charge is -2.27. The number of piperidine rings is 1. The summed E-state index contributed by atoms with van der Waals surface area (Å²) in [5.74, 6) is -0.140. The fourth-order valence-corrected chi connectivity index (χ4v) is 2.04. The van der Waals surface area contributed by atoms with Gasteiger partial charge in [0.05, 0.1) is 5.56 Å². The standard InChI is InChI=1S/C12H13F3N2O/c13-12(14,15)9-7-8(4-5-10(9)16)17-6-2-1-3-11(17)18/h4-5,7H,1-3,6,16H2. The van der Waals surface area contributed by atoms with Crippen LogP contribution in [0.1, 0.15) is 24.8 Å². The molecule has 1 saturated heterocycles. The first-order valence-electron chi connectivity index (χ1n) is 5.66. The van der Waals surface area contributed by atoms with E-state index in [1.165, 1.54) is 17.0 Å². The molecule has 0 atom stereocenters. The fourth-order valence-electron chi connectivity index (χ4n) is 2.04. The summed E-state index contributed by atoms with van der Waals surface area (Å²) >= 11 is 0. The van der Waals surface area contributed by atoms with E-state index in [1.54, 1.807) is 0 Å². The third-order valence-corrected chi connectivity index (χ3v) is 2.98. The lowest BCUT2D eigenvalue weighted by Crippen LogP contribution is -2.35. The van der Waals surface area contributed by atoms with Crippen LogP contribution in [0.25, 0.3) is 0 Å². The number of nitrogens with two attached hydrogens (primary N) is 1. The Hall–Kier alpha value is -1.72. The topological polar surface area (TPSA) is 46.3 Å². The summed E-state index contributed by atoms with van der Waals surface area (Å²) in [4.78, 5) is 13.0. The highest BCUT2D eigenvalue weighted by molar-refractivity contribution is 5.94. The van der Waals surface area contributed by atoms with Gasteiger partial charge in [0, 0.05) is 24.3 Å². The fraction of sp³-hybridized carbons (Fsp3) is 0.417. The normalized spacial score (nSPS) is 17.1. The predicted octanol–water partition coefficient (Wildman–Crippen LogP) is 2.80. The molecule has 3 nitrogen and oxygen atoms in total. The molecule has 0 radical (unpaired) electrons. The molecule has 1 aromatic carbocycles. The molecule has 1 heterocycles. The zero-order valence-electron chi connectivity index (χ0n) is 9.63. The molecule has 2 rings (SSSR count). The molecule has 1 amide bonds. The first-order valence-corrected chi connectivity index (χ1v) is 5.66. The van der Waals surface area contributed by atoms with E-state index in [4.69, 9.17) is 5.73 Å². The number of hydrogen-bond acceptors (Lipinski definition) is 2. The first-order chi connectivity index (χ1) is 8.39. The van der Waals surface area contributed by atoms with E-state index in [2.05, 4.69) is 0 Å². The van der Waals surface area contributed by atoms with Crippen molar-refractivity contribution in [2.75, 3.05) is 17.2 Å². The Bertz CT molecular complexity index is 471. The molecule has 1 aliphatic rings. The maximum absolute atomic E-state index is 12.7. The Morgan fingerprint density at radius 3 is 2.56 bits per heavy atom. The van der Waals surface area contributed by atoms with Crippen molar-refractivity contribution in [3.63, 3.8) is 0 Å². The van der Waals surface area contributed by atoms with Crippen LogP contribution in [0.15, 0.2) is 18.2 Å². The second kappa shape index (κ2) is 4.51. The van der Waals surface area contributed by atoms with Gasteiger partial charge >= 0.3 is 6.18 Å². The predicted molar refractivity (Wildman–Crippen MR) is 62.1 cm³/mol. The van der Waals surface area contributed by atoms with Gasteiger partial charge in [-0.05, 0) is 31.0 Å². The van der Waals surface area contributed by atoms with Crippen molar-refractivity contribution in [3.05, 3.63) is 23.8 Å². The lowest BCUT2D eigenvalue weighted by atomic mass is 10.1. The van der Waals surface area contributed by atoms with Crippen LogP contribution in [-0.2, 0) is 11.0 Å². The Morgan fingerprint density at radius 1 is 1.22 bits per heavy atom. The van der Waals surface area contributed by atoms with E-state index in [0.717, 1.165) is 18.9 Å². The number of nitrogens with zero attached hydrogens (tertiary/aromatic N) is 1. The average molecular weight is 258 g/mol. The molecule has 0 aliphatic carbocycles. The van der Waals surface area contributed by atoms with Crippen LogP contribution in [0.2, 0.25) is 0 Å². The molecule has 0 unspecified atom stereocenters. The van der Waals surface area contributed by atoms with Crippen LogP contribution < -0.4 is 10.6 Å². The number of carbonyl (C=O) groups excluding carboxylic acids is 1. The lowest BCUT2D eigenvalue weighted by molar-refractivity contribution is -0.137. The molecule has 0 bridgehead atoms. The molecule has 6 heteroatoms.